The third kappa shape index (κ3) is 5.10. The highest BCUT2D eigenvalue weighted by Crippen LogP contribution is 2.42. The van der Waals surface area contributed by atoms with E-state index in [1.165, 1.54) is 18.2 Å². The molecule has 9 heteroatoms. The quantitative estimate of drug-likeness (QED) is 0.179. The standard InChI is InChI=1S/C20H12ClFN2O3S.C7H10O/c21-12-7-5-11(6-8-12)16-10-28-20(23-16)24-17(13-3-1-2-4-15(13)22)14(9-25)18(26)19(24)27;1-3-7-5-4-6(2)8-7/h1-10,17,25H;4-5H,3H2,1-2H3/b14-9+;. The SMILES string of the molecule is CCc1ccc(C)o1.O=C1C(=O)N(c2nc(-c3ccc(Cl)cc3)cs2)C(c2ccccc2F)/C1=C\O. The van der Waals surface area contributed by atoms with Crippen LogP contribution in [0, 0.1) is 12.7 Å². The molecule has 1 N–H and O–H groups in total. The number of aliphatic hydroxyl groups excluding tert-OH is 1. The number of halogens is 2. The van der Waals surface area contributed by atoms with Crippen molar-refractivity contribution < 1.29 is 23.5 Å². The van der Waals surface area contributed by atoms with Crippen LogP contribution >= 0.6 is 22.9 Å². The molecule has 2 aromatic carbocycles. The number of amides is 1. The van der Waals surface area contributed by atoms with Crippen LogP contribution in [0.5, 0.6) is 0 Å². The van der Waals surface area contributed by atoms with E-state index in [1.54, 1.807) is 35.7 Å². The first kappa shape index (κ1) is 25.3. The number of ketones is 1. The van der Waals surface area contributed by atoms with Crippen LogP contribution in [-0.2, 0) is 16.0 Å². The van der Waals surface area contributed by atoms with Gasteiger partial charge in [-0.15, -0.1) is 11.3 Å². The van der Waals surface area contributed by atoms with E-state index in [0.29, 0.717) is 17.0 Å². The smallest absolute Gasteiger partial charge is 0.301 e. The van der Waals surface area contributed by atoms with Crippen LogP contribution < -0.4 is 4.90 Å². The summed E-state index contributed by atoms with van der Waals surface area (Å²) in [6.07, 6.45) is 1.55. The van der Waals surface area contributed by atoms with Gasteiger partial charge in [-0.25, -0.2) is 9.37 Å². The Hall–Kier alpha value is -3.75. The van der Waals surface area contributed by atoms with Gasteiger partial charge in [-0.3, -0.25) is 14.5 Å². The van der Waals surface area contributed by atoms with Crippen molar-refractivity contribution in [1.82, 2.24) is 4.98 Å². The number of hydrogen-bond donors (Lipinski definition) is 1. The first-order valence-corrected chi connectivity index (χ1v) is 12.3. The van der Waals surface area contributed by atoms with Crippen molar-refractivity contribution in [1.29, 1.82) is 0 Å². The number of rotatable bonds is 4. The van der Waals surface area contributed by atoms with Gasteiger partial charge in [0.1, 0.15) is 17.3 Å². The highest BCUT2D eigenvalue weighted by atomic mass is 35.5. The van der Waals surface area contributed by atoms with Crippen molar-refractivity contribution in [2.75, 3.05) is 4.90 Å². The molecule has 1 atom stereocenters. The fourth-order valence-electron chi connectivity index (χ4n) is 3.75. The summed E-state index contributed by atoms with van der Waals surface area (Å²) in [4.78, 5) is 30.5. The molecular weight excluding hydrogens is 503 g/mol. The van der Waals surface area contributed by atoms with E-state index < -0.39 is 23.5 Å². The topological polar surface area (TPSA) is 83.6 Å². The third-order valence-corrected chi connectivity index (χ3v) is 6.64. The summed E-state index contributed by atoms with van der Waals surface area (Å²) in [7, 11) is 0. The normalized spacial score (nSPS) is 16.4. The first-order valence-electron chi connectivity index (χ1n) is 11.1. The second-order valence-corrected chi connectivity index (χ2v) is 9.17. The monoisotopic (exact) mass is 524 g/mol. The minimum absolute atomic E-state index is 0.102. The summed E-state index contributed by atoms with van der Waals surface area (Å²) in [6.45, 7) is 4.04. The minimum Gasteiger partial charge on any atom is -0.515 e. The maximum Gasteiger partial charge on any atom is 0.301 e. The molecule has 1 aliphatic heterocycles. The fourth-order valence-corrected chi connectivity index (χ4v) is 4.73. The molecule has 2 aromatic heterocycles. The van der Waals surface area contributed by atoms with E-state index >= 15 is 0 Å². The van der Waals surface area contributed by atoms with Crippen LogP contribution in [0.1, 0.15) is 30.0 Å². The molecule has 184 valence electrons. The highest BCUT2D eigenvalue weighted by molar-refractivity contribution is 7.14. The van der Waals surface area contributed by atoms with Crippen LogP contribution in [0.2, 0.25) is 5.02 Å². The summed E-state index contributed by atoms with van der Waals surface area (Å²) in [6, 6.07) is 15.7. The summed E-state index contributed by atoms with van der Waals surface area (Å²) in [5.74, 6) is -0.275. The predicted molar refractivity (Wildman–Crippen MR) is 138 cm³/mol. The Balaban J connectivity index is 0.000000325. The number of carbonyl (C=O) groups excluding carboxylic acids is 2. The van der Waals surface area contributed by atoms with Gasteiger partial charge >= 0.3 is 5.91 Å². The average Bonchev–Trinajstić information content (AvgIpc) is 3.59. The van der Waals surface area contributed by atoms with E-state index in [-0.39, 0.29) is 16.3 Å². The summed E-state index contributed by atoms with van der Waals surface area (Å²) >= 11 is 7.05. The molecule has 1 unspecified atom stereocenters. The molecule has 0 aliphatic carbocycles. The summed E-state index contributed by atoms with van der Waals surface area (Å²) in [5, 5.41) is 12.1. The first-order chi connectivity index (χ1) is 17.3. The lowest BCUT2D eigenvalue weighted by Crippen LogP contribution is -2.29. The largest absolute Gasteiger partial charge is 0.515 e. The van der Waals surface area contributed by atoms with Crippen LogP contribution in [0.4, 0.5) is 9.52 Å². The predicted octanol–water partition coefficient (Wildman–Crippen LogP) is 6.85. The van der Waals surface area contributed by atoms with Gasteiger partial charge in [0, 0.05) is 28.0 Å². The molecule has 1 saturated heterocycles. The van der Waals surface area contributed by atoms with Gasteiger partial charge in [-0.05, 0) is 37.3 Å². The number of Topliss-reactive ketones (excluding diaryl/α,β-unsaturated/α-hetero) is 1. The van der Waals surface area contributed by atoms with E-state index in [2.05, 4.69) is 11.9 Å². The van der Waals surface area contributed by atoms with E-state index in [9.17, 15) is 19.1 Å². The maximum absolute atomic E-state index is 14.4. The van der Waals surface area contributed by atoms with Gasteiger partial charge in [0.2, 0.25) is 0 Å². The Morgan fingerprint density at radius 3 is 2.44 bits per heavy atom. The second kappa shape index (κ2) is 10.9. The van der Waals surface area contributed by atoms with Gasteiger partial charge < -0.3 is 9.52 Å². The number of nitrogens with zero attached hydrogens (tertiary/aromatic N) is 2. The Kier molecular flexibility index (Phi) is 7.67. The van der Waals surface area contributed by atoms with Crippen LogP contribution in [0.3, 0.4) is 0 Å². The zero-order chi connectivity index (χ0) is 25.8. The Morgan fingerprint density at radius 2 is 1.86 bits per heavy atom. The lowest BCUT2D eigenvalue weighted by molar-refractivity contribution is -0.132. The molecule has 6 nitrogen and oxygen atoms in total. The summed E-state index contributed by atoms with van der Waals surface area (Å²) < 4.78 is 19.6. The molecule has 36 heavy (non-hydrogen) atoms. The second-order valence-electron chi connectivity index (χ2n) is 7.90. The maximum atomic E-state index is 14.4. The Morgan fingerprint density at radius 1 is 1.14 bits per heavy atom. The third-order valence-electron chi connectivity index (χ3n) is 5.55. The van der Waals surface area contributed by atoms with Crippen LogP contribution in [0.25, 0.3) is 11.3 Å². The van der Waals surface area contributed by atoms with Crippen molar-refractivity contribution in [3.05, 3.63) is 106 Å². The Labute approximate surface area is 216 Å². The number of aromatic nitrogens is 1. The van der Waals surface area contributed by atoms with Gasteiger partial charge in [0.25, 0.3) is 5.78 Å². The molecule has 0 bridgehead atoms. The van der Waals surface area contributed by atoms with Crippen molar-refractivity contribution in [2.45, 2.75) is 26.3 Å². The van der Waals surface area contributed by atoms with E-state index in [4.69, 9.17) is 16.0 Å². The average molecular weight is 525 g/mol. The zero-order valence-corrected chi connectivity index (χ0v) is 21.0. The van der Waals surface area contributed by atoms with Gasteiger partial charge in [0.05, 0.1) is 23.6 Å². The van der Waals surface area contributed by atoms with E-state index in [1.807, 2.05) is 19.1 Å². The zero-order valence-electron chi connectivity index (χ0n) is 19.4. The number of hydrogen-bond acceptors (Lipinski definition) is 6. The summed E-state index contributed by atoms with van der Waals surface area (Å²) in [5.41, 5.74) is 1.28. The number of benzene rings is 2. The minimum atomic E-state index is -1.09. The van der Waals surface area contributed by atoms with Crippen molar-refractivity contribution in [2.24, 2.45) is 0 Å². The van der Waals surface area contributed by atoms with Gasteiger partial charge in [-0.2, -0.15) is 0 Å². The number of anilines is 1. The van der Waals surface area contributed by atoms with Gasteiger partial charge in [-0.1, -0.05) is 48.9 Å². The molecule has 1 amide bonds. The van der Waals surface area contributed by atoms with Crippen LogP contribution in [-0.4, -0.2) is 21.8 Å². The molecule has 3 heterocycles. The lowest BCUT2D eigenvalue weighted by atomic mass is 9.99. The molecule has 0 radical (unpaired) electrons. The lowest BCUT2D eigenvalue weighted by Gasteiger charge is -2.22. The van der Waals surface area contributed by atoms with Crippen molar-refractivity contribution in [3.8, 4) is 11.3 Å². The molecular formula is C27H22ClFN2O4S. The number of furan rings is 1. The van der Waals surface area contributed by atoms with Crippen molar-refractivity contribution in [3.63, 3.8) is 0 Å². The molecule has 0 spiro atoms. The molecule has 1 aliphatic rings. The highest BCUT2D eigenvalue weighted by Gasteiger charge is 2.47. The van der Waals surface area contributed by atoms with Crippen LogP contribution in [0.15, 0.2) is 82.3 Å². The van der Waals surface area contributed by atoms with E-state index in [0.717, 1.165) is 39.7 Å². The fraction of sp³-hybridized carbons (Fsp3) is 0.148. The number of thiazole rings is 1. The molecule has 5 rings (SSSR count). The van der Waals surface area contributed by atoms with Gasteiger partial charge in [0.15, 0.2) is 5.13 Å². The molecule has 0 saturated carbocycles. The molecule has 1 fully saturated rings. The molecule has 4 aromatic rings. The Bertz CT molecular complexity index is 1430. The van der Waals surface area contributed by atoms with Crippen molar-refractivity contribution >= 4 is 39.8 Å². The number of carbonyl (C=O) groups is 2. The number of aryl methyl sites for hydroxylation is 2. The number of aliphatic hydroxyl groups is 1.